The minimum atomic E-state index is -1.22. The molecular formula is C19H16ClN3O4. The van der Waals surface area contributed by atoms with E-state index >= 15 is 0 Å². The number of anilines is 1. The summed E-state index contributed by atoms with van der Waals surface area (Å²) in [5.41, 5.74) is 0.864. The number of ether oxygens (including phenoxy) is 1. The molecule has 1 atom stereocenters. The summed E-state index contributed by atoms with van der Waals surface area (Å²) in [4.78, 5) is 42.0. The Kier molecular flexibility index (Phi) is 5.52. The Morgan fingerprint density at radius 1 is 1.11 bits per heavy atom. The van der Waals surface area contributed by atoms with Crippen LogP contribution in [0.3, 0.4) is 0 Å². The summed E-state index contributed by atoms with van der Waals surface area (Å²) in [6.45, 7) is 2.43. The van der Waals surface area contributed by atoms with E-state index in [1.165, 1.54) is 18.3 Å². The van der Waals surface area contributed by atoms with E-state index in [1.54, 1.807) is 36.4 Å². The van der Waals surface area contributed by atoms with E-state index in [2.05, 4.69) is 10.3 Å². The summed E-state index contributed by atoms with van der Waals surface area (Å²) in [6, 6.07) is 12.2. The van der Waals surface area contributed by atoms with Gasteiger partial charge in [-0.2, -0.15) is 0 Å². The van der Waals surface area contributed by atoms with Crippen molar-refractivity contribution >= 4 is 47.0 Å². The molecule has 7 nitrogen and oxygen atoms in total. The standard InChI is InChI=1S/C19H16ClN3O4/c1-2-27-15-9-5-13(6-10-15)21-11-16-17(24)22-19(26)23(18(16)25)14-7-3-12(20)4-8-14/h3-11,16H,2H2,1H3,(H,22,24,26)/t16-/m1/s1. The summed E-state index contributed by atoms with van der Waals surface area (Å²) in [5.74, 6) is -1.92. The number of nitrogens with zero attached hydrogens (tertiary/aromatic N) is 2. The van der Waals surface area contributed by atoms with Gasteiger partial charge in [-0.25, -0.2) is 9.69 Å². The van der Waals surface area contributed by atoms with Crippen molar-refractivity contribution in [2.45, 2.75) is 6.92 Å². The van der Waals surface area contributed by atoms with Crippen LogP contribution in [0.15, 0.2) is 53.5 Å². The predicted molar refractivity (Wildman–Crippen MR) is 102 cm³/mol. The molecule has 27 heavy (non-hydrogen) atoms. The molecule has 1 heterocycles. The second-order valence-electron chi connectivity index (χ2n) is 5.63. The molecule has 8 heteroatoms. The molecule has 2 aromatic carbocycles. The third-order valence-corrected chi connectivity index (χ3v) is 4.06. The first-order valence-corrected chi connectivity index (χ1v) is 8.59. The fourth-order valence-electron chi connectivity index (χ4n) is 2.51. The Bertz CT molecular complexity index is 894. The lowest BCUT2D eigenvalue weighted by Gasteiger charge is -2.28. The maximum atomic E-state index is 12.7. The quantitative estimate of drug-likeness (QED) is 0.631. The van der Waals surface area contributed by atoms with Crippen LogP contribution in [-0.4, -0.2) is 30.7 Å². The molecule has 0 radical (unpaired) electrons. The normalized spacial score (nSPS) is 17.3. The van der Waals surface area contributed by atoms with Crippen LogP contribution >= 0.6 is 11.6 Å². The number of nitrogens with one attached hydrogen (secondary N) is 1. The van der Waals surface area contributed by atoms with Gasteiger partial charge in [-0.05, 0) is 55.5 Å². The molecular weight excluding hydrogens is 370 g/mol. The van der Waals surface area contributed by atoms with E-state index in [4.69, 9.17) is 16.3 Å². The second-order valence-corrected chi connectivity index (χ2v) is 6.06. The van der Waals surface area contributed by atoms with Gasteiger partial charge in [0.2, 0.25) is 5.91 Å². The van der Waals surface area contributed by atoms with E-state index in [0.717, 1.165) is 4.90 Å². The first-order chi connectivity index (χ1) is 13.0. The molecule has 3 rings (SSSR count). The first kappa shape index (κ1) is 18.6. The van der Waals surface area contributed by atoms with Crippen molar-refractivity contribution in [1.29, 1.82) is 0 Å². The van der Waals surface area contributed by atoms with Crippen LogP contribution in [0.25, 0.3) is 0 Å². The van der Waals surface area contributed by atoms with E-state index in [1.807, 2.05) is 6.92 Å². The van der Waals surface area contributed by atoms with Gasteiger partial charge in [0.1, 0.15) is 5.75 Å². The Labute approximate surface area is 160 Å². The predicted octanol–water partition coefficient (Wildman–Crippen LogP) is 3.34. The number of imide groups is 2. The molecule has 1 fully saturated rings. The number of carbonyl (C=O) groups excluding carboxylic acids is 3. The van der Waals surface area contributed by atoms with Crippen molar-refractivity contribution in [3.63, 3.8) is 0 Å². The Morgan fingerprint density at radius 3 is 2.41 bits per heavy atom. The van der Waals surface area contributed by atoms with E-state index in [0.29, 0.717) is 28.8 Å². The van der Waals surface area contributed by atoms with Crippen LogP contribution in [0.1, 0.15) is 6.92 Å². The van der Waals surface area contributed by atoms with Crippen molar-refractivity contribution in [2.24, 2.45) is 10.9 Å². The van der Waals surface area contributed by atoms with Crippen LogP contribution in [0.5, 0.6) is 5.75 Å². The number of barbiturate groups is 1. The number of amides is 4. The van der Waals surface area contributed by atoms with E-state index in [9.17, 15) is 14.4 Å². The van der Waals surface area contributed by atoms with E-state index < -0.39 is 23.8 Å². The van der Waals surface area contributed by atoms with Crippen LogP contribution in [-0.2, 0) is 9.59 Å². The van der Waals surface area contributed by atoms with Crippen LogP contribution < -0.4 is 15.0 Å². The number of urea groups is 1. The second kappa shape index (κ2) is 8.01. The van der Waals surface area contributed by atoms with Gasteiger partial charge in [-0.15, -0.1) is 0 Å². The molecule has 2 aromatic rings. The van der Waals surface area contributed by atoms with E-state index in [-0.39, 0.29) is 0 Å². The summed E-state index contributed by atoms with van der Waals surface area (Å²) < 4.78 is 5.35. The molecule has 0 spiro atoms. The summed E-state index contributed by atoms with van der Waals surface area (Å²) in [5, 5.41) is 2.63. The summed E-state index contributed by atoms with van der Waals surface area (Å²) in [7, 11) is 0. The average molecular weight is 386 g/mol. The van der Waals surface area contributed by atoms with Gasteiger partial charge < -0.3 is 4.74 Å². The highest BCUT2D eigenvalue weighted by Gasteiger charge is 2.40. The number of hydrogen-bond donors (Lipinski definition) is 1. The molecule has 1 saturated heterocycles. The number of halogens is 1. The molecule has 0 unspecified atom stereocenters. The fraction of sp³-hybridized carbons (Fsp3) is 0.158. The molecule has 0 aromatic heterocycles. The van der Waals surface area contributed by atoms with Gasteiger partial charge in [0, 0.05) is 11.2 Å². The van der Waals surface area contributed by atoms with Gasteiger partial charge in [-0.3, -0.25) is 19.9 Å². The van der Waals surface area contributed by atoms with Gasteiger partial charge in [-0.1, -0.05) is 11.6 Å². The van der Waals surface area contributed by atoms with Crippen molar-refractivity contribution < 1.29 is 19.1 Å². The molecule has 0 aliphatic carbocycles. The maximum Gasteiger partial charge on any atom is 0.335 e. The topological polar surface area (TPSA) is 88.1 Å². The lowest BCUT2D eigenvalue weighted by atomic mass is 10.1. The lowest BCUT2D eigenvalue weighted by Crippen LogP contribution is -2.58. The number of carbonyl (C=O) groups is 3. The van der Waals surface area contributed by atoms with Crippen molar-refractivity contribution in [3.05, 3.63) is 53.6 Å². The van der Waals surface area contributed by atoms with Crippen molar-refractivity contribution in [2.75, 3.05) is 11.5 Å². The van der Waals surface area contributed by atoms with Gasteiger partial charge in [0.25, 0.3) is 5.91 Å². The Balaban J connectivity index is 1.81. The highest BCUT2D eigenvalue weighted by Crippen LogP contribution is 2.23. The first-order valence-electron chi connectivity index (χ1n) is 8.21. The molecule has 0 bridgehead atoms. The van der Waals surface area contributed by atoms with Crippen molar-refractivity contribution in [1.82, 2.24) is 5.32 Å². The summed E-state index contributed by atoms with van der Waals surface area (Å²) >= 11 is 5.84. The highest BCUT2D eigenvalue weighted by molar-refractivity contribution is 6.33. The molecule has 1 N–H and O–H groups in total. The molecule has 1 aliphatic heterocycles. The molecule has 0 saturated carbocycles. The molecule has 1 aliphatic rings. The number of aliphatic imine (C=N–C) groups is 1. The monoisotopic (exact) mass is 385 g/mol. The third-order valence-electron chi connectivity index (χ3n) is 3.81. The fourth-order valence-corrected chi connectivity index (χ4v) is 2.64. The lowest BCUT2D eigenvalue weighted by molar-refractivity contribution is -0.131. The van der Waals surface area contributed by atoms with Crippen LogP contribution in [0.2, 0.25) is 5.02 Å². The van der Waals surface area contributed by atoms with Crippen LogP contribution in [0.4, 0.5) is 16.2 Å². The third kappa shape index (κ3) is 4.15. The SMILES string of the molecule is CCOc1ccc(N=C[C@@H]2C(=O)NC(=O)N(c3ccc(Cl)cc3)C2=O)cc1. The largest absolute Gasteiger partial charge is 0.494 e. The maximum absolute atomic E-state index is 12.7. The Hall–Kier alpha value is -3.19. The van der Waals surface area contributed by atoms with Gasteiger partial charge >= 0.3 is 6.03 Å². The highest BCUT2D eigenvalue weighted by atomic mass is 35.5. The number of rotatable bonds is 5. The summed E-state index contributed by atoms with van der Waals surface area (Å²) in [6.07, 6.45) is 1.22. The van der Waals surface area contributed by atoms with Crippen molar-refractivity contribution in [3.8, 4) is 5.75 Å². The minimum Gasteiger partial charge on any atom is -0.494 e. The molecule has 138 valence electrons. The van der Waals surface area contributed by atoms with Crippen LogP contribution in [0, 0.1) is 5.92 Å². The zero-order chi connectivity index (χ0) is 19.4. The van der Waals surface area contributed by atoms with Gasteiger partial charge in [0.05, 0.1) is 18.0 Å². The van der Waals surface area contributed by atoms with Gasteiger partial charge in [0.15, 0.2) is 5.92 Å². The number of benzene rings is 2. The minimum absolute atomic E-state index is 0.314. The average Bonchev–Trinajstić information content (AvgIpc) is 2.64. The Morgan fingerprint density at radius 2 is 1.78 bits per heavy atom. The smallest absolute Gasteiger partial charge is 0.335 e. The zero-order valence-electron chi connectivity index (χ0n) is 14.4. The molecule has 4 amide bonds. The zero-order valence-corrected chi connectivity index (χ0v) is 15.1. The number of hydrogen-bond acceptors (Lipinski definition) is 5.